The molecule has 2 aromatic rings. The lowest BCUT2D eigenvalue weighted by Gasteiger charge is -2.33. The van der Waals surface area contributed by atoms with E-state index in [4.69, 9.17) is 16.3 Å². The number of hydrogen-bond donors (Lipinski definition) is 2. The Kier molecular flexibility index (Phi) is 5.93. The van der Waals surface area contributed by atoms with E-state index in [0.717, 1.165) is 5.56 Å². The summed E-state index contributed by atoms with van der Waals surface area (Å²) in [4.78, 5) is 25.3. The molecule has 2 N–H and O–H groups in total. The number of nitrogens with one attached hydrogen (secondary N) is 2. The van der Waals surface area contributed by atoms with Crippen LogP contribution in [0.15, 0.2) is 42.5 Å². The maximum Gasteiger partial charge on any atom is 0.322 e. The van der Waals surface area contributed by atoms with Gasteiger partial charge >= 0.3 is 6.03 Å². The molecule has 1 aliphatic heterocycles. The van der Waals surface area contributed by atoms with E-state index in [-0.39, 0.29) is 17.8 Å². The second-order valence-electron chi connectivity index (χ2n) is 6.16. The maximum atomic E-state index is 13.7. The van der Waals surface area contributed by atoms with Crippen molar-refractivity contribution in [2.45, 2.75) is 13.0 Å². The van der Waals surface area contributed by atoms with Crippen LogP contribution in [0.4, 0.5) is 20.6 Å². The standard InChI is InChI=1S/C19H19ClFN3O3/c1-12(25)22-17-10-15(6-7-16(17)21)23-19(26)24-8-9-27-18(11-24)13-2-4-14(20)5-3-13/h2-7,10,18H,8-9,11H2,1H3,(H,22,25)(H,23,26). The molecule has 1 saturated heterocycles. The van der Waals surface area contributed by atoms with Crippen LogP contribution < -0.4 is 10.6 Å². The van der Waals surface area contributed by atoms with E-state index < -0.39 is 11.7 Å². The van der Waals surface area contributed by atoms with Crippen LogP contribution in [0, 0.1) is 5.82 Å². The third-order valence-corrected chi connectivity index (χ3v) is 4.38. The van der Waals surface area contributed by atoms with E-state index in [9.17, 15) is 14.0 Å². The Morgan fingerprint density at radius 2 is 1.93 bits per heavy atom. The van der Waals surface area contributed by atoms with E-state index in [2.05, 4.69) is 10.6 Å². The van der Waals surface area contributed by atoms with Gasteiger partial charge in [0.1, 0.15) is 11.9 Å². The fraction of sp³-hybridized carbons (Fsp3) is 0.263. The van der Waals surface area contributed by atoms with E-state index in [1.165, 1.54) is 25.1 Å². The van der Waals surface area contributed by atoms with Crippen molar-refractivity contribution in [1.82, 2.24) is 4.90 Å². The molecule has 142 valence electrons. The van der Waals surface area contributed by atoms with Gasteiger partial charge in [0.2, 0.25) is 5.91 Å². The number of ether oxygens (including phenoxy) is 1. The maximum absolute atomic E-state index is 13.7. The molecule has 3 rings (SSSR count). The van der Waals surface area contributed by atoms with Crippen LogP contribution in [0.25, 0.3) is 0 Å². The van der Waals surface area contributed by atoms with Crippen molar-refractivity contribution >= 4 is 34.9 Å². The van der Waals surface area contributed by atoms with Crippen LogP contribution >= 0.6 is 11.6 Å². The predicted molar refractivity (Wildman–Crippen MR) is 101 cm³/mol. The summed E-state index contributed by atoms with van der Waals surface area (Å²) in [5.41, 5.74) is 1.34. The normalized spacial score (nSPS) is 16.7. The molecule has 0 aromatic heterocycles. The van der Waals surface area contributed by atoms with E-state index >= 15 is 0 Å². The van der Waals surface area contributed by atoms with Crippen molar-refractivity contribution in [2.24, 2.45) is 0 Å². The van der Waals surface area contributed by atoms with Gasteiger partial charge in [0.15, 0.2) is 0 Å². The van der Waals surface area contributed by atoms with Gasteiger partial charge < -0.3 is 20.3 Å². The first kappa shape index (κ1) is 19.1. The Hall–Kier alpha value is -2.64. The molecule has 0 saturated carbocycles. The van der Waals surface area contributed by atoms with Crippen LogP contribution in [0.5, 0.6) is 0 Å². The third-order valence-electron chi connectivity index (χ3n) is 4.12. The summed E-state index contributed by atoms with van der Waals surface area (Å²) in [5, 5.41) is 5.75. The van der Waals surface area contributed by atoms with Crippen LogP contribution in [-0.4, -0.2) is 36.5 Å². The van der Waals surface area contributed by atoms with Gasteiger partial charge in [0, 0.05) is 24.2 Å². The fourth-order valence-electron chi connectivity index (χ4n) is 2.80. The van der Waals surface area contributed by atoms with Crippen LogP contribution in [-0.2, 0) is 9.53 Å². The fourth-order valence-corrected chi connectivity index (χ4v) is 2.93. The number of amides is 3. The molecular weight excluding hydrogens is 373 g/mol. The Labute approximate surface area is 161 Å². The second-order valence-corrected chi connectivity index (χ2v) is 6.60. The Bertz CT molecular complexity index is 845. The lowest BCUT2D eigenvalue weighted by Crippen LogP contribution is -2.44. The number of halogens is 2. The van der Waals surface area contributed by atoms with Gasteiger partial charge in [0.05, 0.1) is 18.8 Å². The molecule has 0 spiro atoms. The highest BCUT2D eigenvalue weighted by Gasteiger charge is 2.25. The first-order chi connectivity index (χ1) is 12.9. The second kappa shape index (κ2) is 8.37. The average Bonchev–Trinajstić information content (AvgIpc) is 2.65. The van der Waals surface area contributed by atoms with E-state index in [1.807, 2.05) is 12.1 Å². The molecule has 0 radical (unpaired) electrons. The molecule has 1 fully saturated rings. The minimum Gasteiger partial charge on any atom is -0.370 e. The summed E-state index contributed by atoms with van der Waals surface area (Å²) in [6.45, 7) is 2.51. The number of nitrogens with zero attached hydrogens (tertiary/aromatic N) is 1. The van der Waals surface area contributed by atoms with Crippen LogP contribution in [0.1, 0.15) is 18.6 Å². The summed E-state index contributed by atoms with van der Waals surface area (Å²) in [7, 11) is 0. The van der Waals surface area contributed by atoms with Gasteiger partial charge in [0.25, 0.3) is 0 Å². The number of rotatable bonds is 3. The molecule has 6 nitrogen and oxygen atoms in total. The summed E-state index contributed by atoms with van der Waals surface area (Å²) in [5.74, 6) is -0.964. The lowest BCUT2D eigenvalue weighted by molar-refractivity contribution is -0.114. The molecule has 1 heterocycles. The van der Waals surface area contributed by atoms with E-state index in [1.54, 1.807) is 17.0 Å². The molecule has 1 atom stereocenters. The monoisotopic (exact) mass is 391 g/mol. The molecule has 8 heteroatoms. The highest BCUT2D eigenvalue weighted by molar-refractivity contribution is 6.30. The average molecular weight is 392 g/mol. The topological polar surface area (TPSA) is 70.7 Å². The molecule has 2 aromatic carbocycles. The Morgan fingerprint density at radius 1 is 1.19 bits per heavy atom. The molecule has 1 aliphatic rings. The van der Waals surface area contributed by atoms with Crippen molar-refractivity contribution in [3.8, 4) is 0 Å². The van der Waals surface area contributed by atoms with Gasteiger partial charge in [-0.25, -0.2) is 9.18 Å². The summed E-state index contributed by atoms with van der Waals surface area (Å²) < 4.78 is 19.5. The number of hydrogen-bond acceptors (Lipinski definition) is 3. The molecule has 27 heavy (non-hydrogen) atoms. The third kappa shape index (κ3) is 4.96. The largest absolute Gasteiger partial charge is 0.370 e. The zero-order valence-corrected chi connectivity index (χ0v) is 15.4. The minimum atomic E-state index is -0.572. The SMILES string of the molecule is CC(=O)Nc1cc(NC(=O)N2CCOC(c3ccc(Cl)cc3)C2)ccc1F. The van der Waals surface area contributed by atoms with Crippen molar-refractivity contribution in [3.05, 3.63) is 58.9 Å². The highest BCUT2D eigenvalue weighted by Crippen LogP contribution is 2.25. The number of carbonyl (C=O) groups excluding carboxylic acids is 2. The van der Waals surface area contributed by atoms with Crippen molar-refractivity contribution in [1.29, 1.82) is 0 Å². The molecule has 1 unspecified atom stereocenters. The van der Waals surface area contributed by atoms with Crippen molar-refractivity contribution in [3.63, 3.8) is 0 Å². The van der Waals surface area contributed by atoms with Crippen molar-refractivity contribution in [2.75, 3.05) is 30.3 Å². The van der Waals surface area contributed by atoms with E-state index in [0.29, 0.717) is 30.4 Å². The van der Waals surface area contributed by atoms with Gasteiger partial charge in [-0.3, -0.25) is 4.79 Å². The first-order valence-electron chi connectivity index (χ1n) is 8.42. The predicted octanol–water partition coefficient (Wildman–Crippen LogP) is 4.04. The summed E-state index contributed by atoms with van der Waals surface area (Å²) in [6.07, 6.45) is -0.245. The Morgan fingerprint density at radius 3 is 2.63 bits per heavy atom. The quantitative estimate of drug-likeness (QED) is 0.829. The number of urea groups is 1. The molecule has 0 bridgehead atoms. The number of carbonyl (C=O) groups is 2. The molecule has 3 amide bonds. The highest BCUT2D eigenvalue weighted by atomic mass is 35.5. The van der Waals surface area contributed by atoms with Gasteiger partial charge in [-0.15, -0.1) is 0 Å². The molecule has 0 aliphatic carbocycles. The summed E-state index contributed by atoms with van der Waals surface area (Å²) in [6, 6.07) is 11.0. The zero-order valence-electron chi connectivity index (χ0n) is 14.7. The number of benzene rings is 2. The smallest absolute Gasteiger partial charge is 0.322 e. The number of anilines is 2. The minimum absolute atomic E-state index is 0.0151. The van der Waals surface area contributed by atoms with Gasteiger partial charge in [-0.2, -0.15) is 0 Å². The molecular formula is C19H19ClFN3O3. The van der Waals surface area contributed by atoms with Crippen molar-refractivity contribution < 1.29 is 18.7 Å². The Balaban J connectivity index is 1.67. The number of morpholine rings is 1. The summed E-state index contributed by atoms with van der Waals surface area (Å²) >= 11 is 5.91. The lowest BCUT2D eigenvalue weighted by atomic mass is 10.1. The van der Waals surface area contributed by atoms with Gasteiger partial charge in [-0.1, -0.05) is 23.7 Å². The van der Waals surface area contributed by atoms with Crippen LogP contribution in [0.3, 0.4) is 0 Å². The first-order valence-corrected chi connectivity index (χ1v) is 8.80. The van der Waals surface area contributed by atoms with Gasteiger partial charge in [-0.05, 0) is 35.9 Å². The van der Waals surface area contributed by atoms with Crippen LogP contribution in [0.2, 0.25) is 5.02 Å². The zero-order chi connectivity index (χ0) is 19.4.